The van der Waals surface area contributed by atoms with Crippen molar-refractivity contribution in [2.45, 2.75) is 32.2 Å². The molecule has 0 heterocycles. The molecule has 108 valence electrons. The Bertz CT molecular complexity index is 494. The average Bonchev–Trinajstić information content (AvgIpc) is 3.23. The van der Waals surface area contributed by atoms with Crippen molar-refractivity contribution in [1.29, 1.82) is 0 Å². The van der Waals surface area contributed by atoms with Crippen LogP contribution in [-0.4, -0.2) is 41.6 Å². The molecule has 2 rings (SSSR count). The summed E-state index contributed by atoms with van der Waals surface area (Å²) < 4.78 is 0. The first kappa shape index (κ1) is 14.4. The van der Waals surface area contributed by atoms with Crippen LogP contribution in [0.3, 0.4) is 0 Å². The fourth-order valence-electron chi connectivity index (χ4n) is 2.11. The largest absolute Gasteiger partial charge is 0.481 e. The number of carboxylic acid groups (broad SMARTS) is 1. The average molecular weight is 276 g/mol. The minimum atomic E-state index is -0.874. The Morgan fingerprint density at radius 2 is 1.85 bits per heavy atom. The van der Waals surface area contributed by atoms with Gasteiger partial charge in [0.15, 0.2) is 0 Å². The normalized spacial score (nSPS) is 13.9. The third-order valence-corrected chi connectivity index (χ3v) is 3.51. The fraction of sp³-hybridized carbons (Fsp3) is 0.467. The number of hydrogen-bond donors (Lipinski definition) is 1. The van der Waals surface area contributed by atoms with E-state index in [-0.39, 0.29) is 25.0 Å². The number of aryl methyl sites for hydroxylation is 1. The number of anilines is 1. The van der Waals surface area contributed by atoms with Gasteiger partial charge in [-0.05, 0) is 31.9 Å². The third-order valence-electron chi connectivity index (χ3n) is 3.51. The van der Waals surface area contributed by atoms with Gasteiger partial charge in [-0.2, -0.15) is 0 Å². The van der Waals surface area contributed by atoms with Crippen molar-refractivity contribution in [3.05, 3.63) is 29.8 Å². The highest BCUT2D eigenvalue weighted by atomic mass is 16.4. The fourth-order valence-corrected chi connectivity index (χ4v) is 2.11. The minimum Gasteiger partial charge on any atom is -0.481 e. The molecule has 0 saturated heterocycles. The SMILES string of the molecule is Cc1ccc(N(C)C(=O)N(CCC(=O)O)C2CC2)cc1. The molecule has 1 saturated carbocycles. The first-order chi connectivity index (χ1) is 9.49. The van der Waals surface area contributed by atoms with E-state index in [0.717, 1.165) is 24.1 Å². The smallest absolute Gasteiger partial charge is 0.324 e. The molecule has 5 nitrogen and oxygen atoms in total. The Kier molecular flexibility index (Phi) is 4.27. The molecular formula is C15H20N2O3. The lowest BCUT2D eigenvalue weighted by molar-refractivity contribution is -0.137. The Morgan fingerprint density at radius 1 is 1.25 bits per heavy atom. The van der Waals surface area contributed by atoms with Crippen molar-refractivity contribution in [2.24, 2.45) is 0 Å². The van der Waals surface area contributed by atoms with Gasteiger partial charge in [0.1, 0.15) is 0 Å². The van der Waals surface area contributed by atoms with E-state index in [2.05, 4.69) is 0 Å². The third kappa shape index (κ3) is 3.50. The van der Waals surface area contributed by atoms with E-state index in [1.807, 2.05) is 31.2 Å². The molecule has 0 atom stereocenters. The molecule has 1 aliphatic carbocycles. The topological polar surface area (TPSA) is 60.9 Å². The van der Waals surface area contributed by atoms with Crippen LogP contribution in [-0.2, 0) is 4.79 Å². The van der Waals surface area contributed by atoms with E-state index in [1.54, 1.807) is 16.8 Å². The molecule has 0 unspecified atom stereocenters. The number of carbonyl (C=O) groups excluding carboxylic acids is 1. The molecule has 1 aliphatic rings. The number of carbonyl (C=O) groups is 2. The van der Waals surface area contributed by atoms with E-state index in [1.165, 1.54) is 0 Å². The molecular weight excluding hydrogens is 256 g/mol. The Hall–Kier alpha value is -2.04. The van der Waals surface area contributed by atoms with Gasteiger partial charge in [0.2, 0.25) is 0 Å². The Balaban J connectivity index is 2.06. The number of hydrogen-bond acceptors (Lipinski definition) is 2. The van der Waals surface area contributed by atoms with E-state index >= 15 is 0 Å². The number of nitrogens with zero attached hydrogens (tertiary/aromatic N) is 2. The molecule has 1 N–H and O–H groups in total. The van der Waals surface area contributed by atoms with Crippen molar-refractivity contribution >= 4 is 17.7 Å². The van der Waals surface area contributed by atoms with Crippen molar-refractivity contribution < 1.29 is 14.7 Å². The summed E-state index contributed by atoms with van der Waals surface area (Å²) >= 11 is 0. The zero-order valence-corrected chi connectivity index (χ0v) is 11.9. The van der Waals surface area contributed by atoms with Crippen molar-refractivity contribution in [3.8, 4) is 0 Å². The maximum Gasteiger partial charge on any atom is 0.324 e. The summed E-state index contributed by atoms with van der Waals surface area (Å²) in [4.78, 5) is 26.4. The van der Waals surface area contributed by atoms with Crippen LogP contribution in [0.4, 0.5) is 10.5 Å². The number of rotatable bonds is 5. The van der Waals surface area contributed by atoms with Crippen molar-refractivity contribution in [3.63, 3.8) is 0 Å². The highest BCUT2D eigenvalue weighted by Crippen LogP contribution is 2.28. The molecule has 1 fully saturated rings. The van der Waals surface area contributed by atoms with Gasteiger partial charge in [0, 0.05) is 25.3 Å². The second-order valence-corrected chi connectivity index (χ2v) is 5.25. The summed E-state index contributed by atoms with van der Waals surface area (Å²) in [5.41, 5.74) is 1.96. The molecule has 5 heteroatoms. The van der Waals surface area contributed by atoms with E-state index in [0.29, 0.717) is 0 Å². The number of benzene rings is 1. The van der Waals surface area contributed by atoms with E-state index < -0.39 is 5.97 Å². The number of amides is 2. The predicted molar refractivity (Wildman–Crippen MR) is 77.0 cm³/mol. The van der Waals surface area contributed by atoms with E-state index in [9.17, 15) is 9.59 Å². The zero-order valence-electron chi connectivity index (χ0n) is 11.9. The first-order valence-corrected chi connectivity index (χ1v) is 6.82. The second kappa shape index (κ2) is 5.94. The van der Waals surface area contributed by atoms with Crippen LogP contribution in [0, 0.1) is 6.92 Å². The van der Waals surface area contributed by atoms with Gasteiger partial charge in [-0.3, -0.25) is 9.69 Å². The lowest BCUT2D eigenvalue weighted by atomic mass is 10.2. The number of urea groups is 1. The van der Waals surface area contributed by atoms with Crippen LogP contribution in [0.1, 0.15) is 24.8 Å². The summed E-state index contributed by atoms with van der Waals surface area (Å²) in [6.45, 7) is 2.27. The zero-order chi connectivity index (χ0) is 14.7. The van der Waals surface area contributed by atoms with Gasteiger partial charge in [-0.25, -0.2) is 4.79 Å². The van der Waals surface area contributed by atoms with Crippen molar-refractivity contribution in [1.82, 2.24) is 4.90 Å². The molecule has 0 spiro atoms. The molecule has 0 aromatic heterocycles. The van der Waals surface area contributed by atoms with Crippen LogP contribution in [0.15, 0.2) is 24.3 Å². The summed E-state index contributed by atoms with van der Waals surface area (Å²) in [6.07, 6.45) is 1.92. The highest BCUT2D eigenvalue weighted by molar-refractivity contribution is 5.92. The molecule has 0 bridgehead atoms. The Morgan fingerprint density at radius 3 is 2.35 bits per heavy atom. The predicted octanol–water partition coefficient (Wildman–Crippen LogP) is 2.49. The van der Waals surface area contributed by atoms with Gasteiger partial charge in [0.25, 0.3) is 0 Å². The monoisotopic (exact) mass is 276 g/mol. The maximum absolute atomic E-state index is 12.5. The molecule has 20 heavy (non-hydrogen) atoms. The lowest BCUT2D eigenvalue weighted by Gasteiger charge is -2.28. The van der Waals surface area contributed by atoms with Crippen LogP contribution >= 0.6 is 0 Å². The van der Waals surface area contributed by atoms with E-state index in [4.69, 9.17) is 5.11 Å². The summed E-state index contributed by atoms with van der Waals surface area (Å²) in [5, 5.41) is 8.78. The Labute approximate surface area is 118 Å². The minimum absolute atomic E-state index is 0.00994. The second-order valence-electron chi connectivity index (χ2n) is 5.25. The van der Waals surface area contributed by atoms with Crippen LogP contribution in [0.5, 0.6) is 0 Å². The highest BCUT2D eigenvalue weighted by Gasteiger charge is 2.34. The molecule has 1 aromatic rings. The van der Waals surface area contributed by atoms with Crippen LogP contribution in [0.25, 0.3) is 0 Å². The van der Waals surface area contributed by atoms with Gasteiger partial charge < -0.3 is 10.0 Å². The van der Waals surface area contributed by atoms with Gasteiger partial charge >= 0.3 is 12.0 Å². The summed E-state index contributed by atoms with van der Waals surface area (Å²) in [7, 11) is 1.73. The summed E-state index contributed by atoms with van der Waals surface area (Å²) in [6, 6.07) is 7.79. The molecule has 2 amide bonds. The summed E-state index contributed by atoms with van der Waals surface area (Å²) in [5.74, 6) is -0.874. The number of aliphatic carboxylic acids is 1. The van der Waals surface area contributed by atoms with Crippen LogP contribution < -0.4 is 4.90 Å². The quantitative estimate of drug-likeness (QED) is 0.898. The standard InChI is InChI=1S/C15H20N2O3/c1-11-3-5-12(6-4-11)16(2)15(20)17(13-7-8-13)10-9-14(18)19/h3-6,13H,7-10H2,1-2H3,(H,18,19). The van der Waals surface area contributed by atoms with Gasteiger partial charge in [0.05, 0.1) is 6.42 Å². The molecule has 0 aliphatic heterocycles. The molecule has 1 aromatic carbocycles. The lowest BCUT2D eigenvalue weighted by Crippen LogP contribution is -2.43. The van der Waals surface area contributed by atoms with Crippen molar-refractivity contribution in [2.75, 3.05) is 18.5 Å². The molecule has 0 radical (unpaired) electrons. The van der Waals surface area contributed by atoms with Gasteiger partial charge in [-0.1, -0.05) is 17.7 Å². The number of carboxylic acids is 1. The maximum atomic E-state index is 12.5. The first-order valence-electron chi connectivity index (χ1n) is 6.82. The van der Waals surface area contributed by atoms with Crippen LogP contribution in [0.2, 0.25) is 0 Å². The van der Waals surface area contributed by atoms with Gasteiger partial charge in [-0.15, -0.1) is 0 Å².